The van der Waals surface area contributed by atoms with Gasteiger partial charge in [-0.2, -0.15) is 13.5 Å². The Kier molecular flexibility index (Phi) is 15.7. The van der Waals surface area contributed by atoms with Crippen LogP contribution in [0.2, 0.25) is 0 Å². The molecule has 1 aliphatic rings. The van der Waals surface area contributed by atoms with Crippen molar-refractivity contribution in [3.63, 3.8) is 0 Å². The summed E-state index contributed by atoms with van der Waals surface area (Å²) in [4.78, 5) is 52.6. The van der Waals surface area contributed by atoms with Crippen LogP contribution >= 0.6 is 16.9 Å². The van der Waals surface area contributed by atoms with Crippen LogP contribution in [0, 0.1) is 0 Å². The van der Waals surface area contributed by atoms with E-state index in [-0.39, 0.29) is 37.2 Å². The van der Waals surface area contributed by atoms with E-state index >= 15 is 0 Å². The van der Waals surface area contributed by atoms with Gasteiger partial charge in [-0.3, -0.25) is 9.32 Å². The van der Waals surface area contributed by atoms with Crippen molar-refractivity contribution < 1.29 is 61.6 Å². The number of amides is 2. The molecule has 2 amide bonds. The van der Waals surface area contributed by atoms with Gasteiger partial charge in [-0.1, -0.05) is 59.8 Å². The third-order valence-corrected chi connectivity index (χ3v) is 8.17. The Morgan fingerprint density at radius 1 is 1.19 bits per heavy atom. The van der Waals surface area contributed by atoms with E-state index < -0.39 is 47.4 Å². The van der Waals surface area contributed by atoms with Crippen LogP contribution in [0.5, 0.6) is 0 Å². The topological polar surface area (TPSA) is 239 Å². The average molecular weight is 724 g/mol. The maximum absolute atomic E-state index is 14.6. The highest BCUT2D eigenvalue weighted by molar-refractivity contribution is 7.39. The van der Waals surface area contributed by atoms with E-state index in [0.717, 1.165) is 18.9 Å². The number of aliphatic hydroxyl groups is 2. The number of nitrogens with zero attached hydrogens (tertiary/aromatic N) is 5. The third-order valence-electron chi connectivity index (χ3n) is 7.28. The number of unbranched alkanes of at least 4 members (excludes halogenated alkanes) is 3. The second-order valence-corrected chi connectivity index (χ2v) is 12.1. The highest BCUT2D eigenvalue weighted by Crippen LogP contribution is 2.39. The first kappa shape index (κ1) is 39.3. The first-order valence-corrected chi connectivity index (χ1v) is 17.3. The molecule has 1 fully saturated rings. The number of aliphatic hydroxyl groups excluding tert-OH is 1. The van der Waals surface area contributed by atoms with Gasteiger partial charge in [-0.05, 0) is 36.1 Å². The van der Waals surface area contributed by atoms with Crippen LogP contribution in [0.3, 0.4) is 0 Å². The van der Waals surface area contributed by atoms with Gasteiger partial charge < -0.3 is 35.0 Å². The predicted molar refractivity (Wildman–Crippen MR) is 162 cm³/mol. The van der Waals surface area contributed by atoms with Gasteiger partial charge in [0, 0.05) is 42.5 Å². The lowest BCUT2D eigenvalue weighted by Crippen LogP contribution is -2.34. The van der Waals surface area contributed by atoms with Crippen LogP contribution < -0.4 is 5.32 Å². The minimum Gasteiger partial charge on any atom is -0.426 e. The number of likely N-dealkylation sites (tertiary alicyclic amines) is 1. The zero-order valence-corrected chi connectivity index (χ0v) is 27.5. The molecule has 0 radical (unpaired) electrons. The zero-order valence-electron chi connectivity index (χ0n) is 25.8. The number of aryl methyl sites for hydroxylation is 1. The number of hydrogen-bond acceptors (Lipinski definition) is 13. The van der Waals surface area contributed by atoms with Crippen LogP contribution in [0.4, 0.5) is 13.6 Å². The quantitative estimate of drug-likeness (QED) is 0.0470. The fourth-order valence-electron chi connectivity index (χ4n) is 4.88. The van der Waals surface area contributed by atoms with Crippen molar-refractivity contribution in [3.8, 4) is 0 Å². The molecule has 3 rings (SSSR count). The predicted octanol–water partition coefficient (Wildman–Crippen LogP) is 2.48. The lowest BCUT2D eigenvalue weighted by Gasteiger charge is -2.24. The highest BCUT2D eigenvalue weighted by atomic mass is 31.2. The molecule has 0 spiro atoms. The standard InChI is InChI=1S/C27H38F2N6O11P2/c28-27(29,20-9-4-3-5-10-20)22(36)14-12-21-13-15-24(37)34(21)18-7-2-1-6-11-23-31-32-33-35(23)19-44-25(38)30-17-8-16-26(39,45-47(40)41)46-48(42)43/h3-5,9-10,12,14,21-22,36,39-41H,1-2,6-8,11,13,15-19H2,(H-,30,38,42,43)/p+1/b14-12+/t21-,22+,26?/m0/s1. The van der Waals surface area contributed by atoms with Crippen LogP contribution in [0.25, 0.3) is 0 Å². The Morgan fingerprint density at radius 2 is 1.92 bits per heavy atom. The van der Waals surface area contributed by atoms with E-state index in [1.165, 1.54) is 35.0 Å². The van der Waals surface area contributed by atoms with Crippen molar-refractivity contribution in [1.82, 2.24) is 30.4 Å². The van der Waals surface area contributed by atoms with Gasteiger partial charge in [0.1, 0.15) is 6.10 Å². The van der Waals surface area contributed by atoms with E-state index in [0.29, 0.717) is 44.5 Å². The van der Waals surface area contributed by atoms with E-state index in [9.17, 15) is 33.1 Å². The molecule has 4 atom stereocenters. The zero-order chi connectivity index (χ0) is 35.2. The summed E-state index contributed by atoms with van der Waals surface area (Å²) in [6.07, 6.45) is 3.30. The number of nitrogens with one attached hydrogen (secondary N) is 1. The fraction of sp³-hybridized carbons (Fsp3) is 0.593. The molecule has 2 unspecified atom stereocenters. The summed E-state index contributed by atoms with van der Waals surface area (Å²) in [5, 5.41) is 33.8. The molecule has 1 aliphatic heterocycles. The maximum atomic E-state index is 14.6. The van der Waals surface area contributed by atoms with Gasteiger partial charge in [-0.15, -0.1) is 9.99 Å². The van der Waals surface area contributed by atoms with E-state index in [1.807, 2.05) is 0 Å². The number of hydrogen-bond donors (Lipinski definition) is 6. The number of alkyl carbamates (subject to hydrolysis) is 1. The molecule has 2 heterocycles. The molecule has 6 N–H and O–H groups in total. The molecule has 21 heteroatoms. The van der Waals surface area contributed by atoms with Gasteiger partial charge >= 0.3 is 34.8 Å². The summed E-state index contributed by atoms with van der Waals surface area (Å²) < 4.78 is 55.0. The molecule has 0 saturated carbocycles. The molecule has 0 bridgehead atoms. The molecule has 266 valence electrons. The summed E-state index contributed by atoms with van der Waals surface area (Å²) in [6, 6.07) is 6.70. The number of rotatable bonds is 21. The summed E-state index contributed by atoms with van der Waals surface area (Å²) >= 11 is 0. The summed E-state index contributed by atoms with van der Waals surface area (Å²) in [5.41, 5.74) is -0.291. The minimum absolute atomic E-state index is 0.0614. The first-order valence-electron chi connectivity index (χ1n) is 15.0. The van der Waals surface area contributed by atoms with Crippen molar-refractivity contribution >= 4 is 28.9 Å². The Balaban J connectivity index is 1.33. The number of aromatic nitrogens is 4. The number of tetrazole rings is 1. The molecule has 17 nitrogen and oxygen atoms in total. The van der Waals surface area contributed by atoms with Crippen LogP contribution in [0.1, 0.15) is 62.8 Å². The number of benzene rings is 1. The Bertz CT molecular complexity index is 1360. The van der Waals surface area contributed by atoms with Gasteiger partial charge in [0.15, 0.2) is 12.6 Å². The second-order valence-electron chi connectivity index (χ2n) is 10.7. The number of ether oxygens (including phenoxy) is 1. The number of halogens is 2. The van der Waals surface area contributed by atoms with Gasteiger partial charge in [0.25, 0.3) is 0 Å². The van der Waals surface area contributed by atoms with Crippen molar-refractivity contribution in [2.24, 2.45) is 0 Å². The number of alkyl halides is 2. The highest BCUT2D eigenvalue weighted by Gasteiger charge is 2.42. The molecule has 0 aliphatic carbocycles. The number of carbonyl (C=O) groups is 2. The largest absolute Gasteiger partial charge is 0.700 e. The van der Waals surface area contributed by atoms with Gasteiger partial charge in [-0.25, -0.2) is 4.79 Å². The fourth-order valence-corrected chi connectivity index (χ4v) is 5.70. The molecule has 1 saturated heterocycles. The monoisotopic (exact) mass is 723 g/mol. The Hall–Kier alpha value is -3.12. The van der Waals surface area contributed by atoms with E-state index in [4.69, 9.17) is 19.4 Å². The molecular weight excluding hydrogens is 684 g/mol. The molecule has 1 aromatic carbocycles. The van der Waals surface area contributed by atoms with Crippen molar-refractivity contribution in [1.29, 1.82) is 0 Å². The van der Waals surface area contributed by atoms with Crippen molar-refractivity contribution in [2.75, 3.05) is 13.1 Å². The van der Waals surface area contributed by atoms with Crippen LogP contribution in [0.15, 0.2) is 42.5 Å². The van der Waals surface area contributed by atoms with Crippen LogP contribution in [-0.2, 0) is 42.2 Å². The first-order chi connectivity index (χ1) is 22.8. The summed E-state index contributed by atoms with van der Waals surface area (Å²) in [6.45, 7) is 0.0523. The maximum Gasteiger partial charge on any atom is 0.700 e. The number of carbonyl (C=O) groups excluding carboxylic acids is 2. The van der Waals surface area contributed by atoms with E-state index in [1.54, 1.807) is 11.0 Å². The van der Waals surface area contributed by atoms with Crippen molar-refractivity contribution in [3.05, 3.63) is 53.9 Å². The van der Waals surface area contributed by atoms with Crippen LogP contribution in [-0.4, -0.2) is 93.2 Å². The smallest absolute Gasteiger partial charge is 0.426 e. The normalized spacial score (nSPS) is 17.6. The van der Waals surface area contributed by atoms with Crippen molar-refractivity contribution in [2.45, 2.75) is 88.6 Å². The molecule has 48 heavy (non-hydrogen) atoms. The van der Waals surface area contributed by atoms with Gasteiger partial charge in [0.2, 0.25) is 5.91 Å². The Labute approximate surface area is 276 Å². The lowest BCUT2D eigenvalue weighted by molar-refractivity contribution is -0.279. The molecule has 1 aromatic heterocycles. The third kappa shape index (κ3) is 12.7. The molecule has 2 aromatic rings. The SMILES string of the molecule is O=C(NCCCC(O)(OP(O)O)O[P+](=O)O)OCn1nnnc1CCCCCCN1C(=O)CC[C@@H]1/C=C/[C@@H](O)C(F)(F)c1ccccc1. The lowest BCUT2D eigenvalue weighted by atomic mass is 10.0. The Morgan fingerprint density at radius 3 is 2.62 bits per heavy atom. The van der Waals surface area contributed by atoms with E-state index in [2.05, 4.69) is 29.9 Å². The summed E-state index contributed by atoms with van der Waals surface area (Å²) in [7, 11) is -6.42. The minimum atomic E-state index is -3.47. The van der Waals surface area contributed by atoms with Gasteiger partial charge in [0.05, 0.1) is 6.04 Å². The summed E-state index contributed by atoms with van der Waals surface area (Å²) in [5.74, 6) is -5.81. The molecular formula is C27H39F2N6O11P2+. The second kappa shape index (κ2) is 19.2. The average Bonchev–Trinajstić information content (AvgIpc) is 3.63.